The number of halogens is 1. The Balaban J connectivity index is 1.64. The first-order valence-corrected chi connectivity index (χ1v) is 9.09. The smallest absolute Gasteiger partial charge is 0.151 e. The summed E-state index contributed by atoms with van der Waals surface area (Å²) in [4.78, 5) is 0. The van der Waals surface area contributed by atoms with Gasteiger partial charge in [-0.3, -0.25) is 0 Å². The molecule has 0 amide bonds. The molecule has 2 rings (SSSR count). The van der Waals surface area contributed by atoms with Gasteiger partial charge in [-0.2, -0.15) is 0 Å². The van der Waals surface area contributed by atoms with Gasteiger partial charge in [0.1, 0.15) is 0 Å². The van der Waals surface area contributed by atoms with Crippen LogP contribution in [0.2, 0.25) is 5.02 Å². The van der Waals surface area contributed by atoms with E-state index >= 15 is 0 Å². The molecule has 5 nitrogen and oxygen atoms in total. The molecule has 2 atom stereocenters. The van der Waals surface area contributed by atoms with Gasteiger partial charge in [0.05, 0.1) is 30.8 Å². The van der Waals surface area contributed by atoms with Gasteiger partial charge >= 0.3 is 0 Å². The molecule has 0 unspecified atom stereocenters. The third-order valence-electron chi connectivity index (χ3n) is 3.40. The molecule has 0 aliphatic carbocycles. The molecule has 0 bridgehead atoms. The van der Waals surface area contributed by atoms with Crippen LogP contribution in [0, 0.1) is 0 Å². The number of sulfone groups is 1. The lowest BCUT2D eigenvalue weighted by Gasteiger charge is -2.15. The third-order valence-corrected chi connectivity index (χ3v) is 5.54. The second-order valence-electron chi connectivity index (χ2n) is 5.27. The first-order valence-electron chi connectivity index (χ1n) is 6.89. The van der Waals surface area contributed by atoms with Gasteiger partial charge in [0.2, 0.25) is 0 Å². The monoisotopic (exact) mass is 333 g/mol. The van der Waals surface area contributed by atoms with E-state index in [2.05, 4.69) is 5.32 Å². The number of rotatable bonds is 7. The van der Waals surface area contributed by atoms with Gasteiger partial charge in [0.25, 0.3) is 0 Å². The van der Waals surface area contributed by atoms with Crippen LogP contribution in [0.4, 0.5) is 0 Å². The SMILES string of the molecule is O=S1(=O)CC[C@@H](NC[C@@H](O)COCc2ccccc2Cl)C1. The maximum Gasteiger partial charge on any atom is 0.151 e. The summed E-state index contributed by atoms with van der Waals surface area (Å²) < 4.78 is 28.0. The Kier molecular flexibility index (Phi) is 6.01. The topological polar surface area (TPSA) is 75.6 Å². The van der Waals surface area contributed by atoms with Gasteiger partial charge in [-0.15, -0.1) is 0 Å². The van der Waals surface area contributed by atoms with Gasteiger partial charge in [0.15, 0.2) is 9.84 Å². The van der Waals surface area contributed by atoms with Crippen molar-refractivity contribution in [2.45, 2.75) is 25.2 Å². The van der Waals surface area contributed by atoms with Crippen LogP contribution >= 0.6 is 11.6 Å². The lowest BCUT2D eigenvalue weighted by Crippen LogP contribution is -2.38. The van der Waals surface area contributed by atoms with Crippen LogP contribution in [-0.2, 0) is 21.2 Å². The van der Waals surface area contributed by atoms with E-state index in [0.717, 1.165) is 5.56 Å². The molecule has 7 heteroatoms. The maximum absolute atomic E-state index is 11.3. The molecule has 1 aliphatic rings. The van der Waals surface area contributed by atoms with Gasteiger partial charge in [-0.05, 0) is 18.1 Å². The first kappa shape index (κ1) is 16.7. The Hall–Kier alpha value is -0.660. The van der Waals surface area contributed by atoms with Crippen LogP contribution in [0.5, 0.6) is 0 Å². The van der Waals surface area contributed by atoms with E-state index in [1.807, 2.05) is 18.2 Å². The number of benzene rings is 1. The highest BCUT2D eigenvalue weighted by molar-refractivity contribution is 7.91. The van der Waals surface area contributed by atoms with E-state index in [1.54, 1.807) is 6.07 Å². The molecule has 1 saturated heterocycles. The molecule has 21 heavy (non-hydrogen) atoms. The molecule has 0 spiro atoms. The zero-order valence-corrected chi connectivity index (χ0v) is 13.2. The van der Waals surface area contributed by atoms with Crippen molar-refractivity contribution in [3.05, 3.63) is 34.9 Å². The van der Waals surface area contributed by atoms with E-state index < -0.39 is 15.9 Å². The fraction of sp³-hybridized carbons (Fsp3) is 0.571. The molecule has 1 aromatic rings. The molecule has 1 fully saturated rings. The Bertz CT molecular complexity index is 564. The van der Waals surface area contributed by atoms with Gasteiger partial charge in [-0.25, -0.2) is 8.42 Å². The highest BCUT2D eigenvalue weighted by atomic mass is 35.5. The number of ether oxygens (including phenoxy) is 1. The Morgan fingerprint density at radius 2 is 2.19 bits per heavy atom. The molecule has 1 aliphatic heterocycles. The molecule has 0 saturated carbocycles. The van der Waals surface area contributed by atoms with Crippen LogP contribution in [0.25, 0.3) is 0 Å². The van der Waals surface area contributed by atoms with Crippen LogP contribution in [-0.4, -0.2) is 50.3 Å². The van der Waals surface area contributed by atoms with E-state index in [4.69, 9.17) is 16.3 Å². The Morgan fingerprint density at radius 1 is 1.43 bits per heavy atom. The number of nitrogens with one attached hydrogen (secondary N) is 1. The molecular weight excluding hydrogens is 314 g/mol. The maximum atomic E-state index is 11.3. The summed E-state index contributed by atoms with van der Waals surface area (Å²) in [7, 11) is -2.89. The van der Waals surface area contributed by atoms with Crippen LogP contribution in [0.3, 0.4) is 0 Å². The number of hydrogen-bond donors (Lipinski definition) is 2. The zero-order valence-electron chi connectivity index (χ0n) is 11.7. The molecule has 0 aromatic heterocycles. The largest absolute Gasteiger partial charge is 0.389 e. The second-order valence-corrected chi connectivity index (χ2v) is 7.90. The predicted molar refractivity (Wildman–Crippen MR) is 82.2 cm³/mol. The summed E-state index contributed by atoms with van der Waals surface area (Å²) in [6, 6.07) is 7.33. The summed E-state index contributed by atoms with van der Waals surface area (Å²) in [5, 5.41) is 13.5. The van der Waals surface area contributed by atoms with Gasteiger partial charge < -0.3 is 15.2 Å². The first-order chi connectivity index (χ1) is 9.96. The van der Waals surface area contributed by atoms with Crippen molar-refractivity contribution in [2.24, 2.45) is 0 Å². The zero-order chi connectivity index (χ0) is 15.3. The normalized spacial score (nSPS) is 22.3. The van der Waals surface area contributed by atoms with Crippen molar-refractivity contribution >= 4 is 21.4 Å². The fourth-order valence-corrected chi connectivity index (χ4v) is 4.14. The molecule has 2 N–H and O–H groups in total. The minimum atomic E-state index is -2.89. The lowest BCUT2D eigenvalue weighted by atomic mass is 10.2. The second kappa shape index (κ2) is 7.56. The Morgan fingerprint density at radius 3 is 2.86 bits per heavy atom. The van der Waals surface area contributed by atoms with Crippen LogP contribution < -0.4 is 5.32 Å². The summed E-state index contributed by atoms with van der Waals surface area (Å²) in [5.74, 6) is 0.379. The van der Waals surface area contributed by atoms with Crippen molar-refractivity contribution in [3.63, 3.8) is 0 Å². The minimum absolute atomic E-state index is 0.0618. The van der Waals surface area contributed by atoms with E-state index in [-0.39, 0.29) is 24.2 Å². The highest BCUT2D eigenvalue weighted by Gasteiger charge is 2.27. The molecule has 1 heterocycles. The van der Waals surface area contributed by atoms with E-state index in [1.165, 1.54) is 0 Å². The lowest BCUT2D eigenvalue weighted by molar-refractivity contribution is 0.0279. The number of aliphatic hydroxyl groups excluding tert-OH is 1. The van der Waals surface area contributed by atoms with Crippen molar-refractivity contribution < 1.29 is 18.3 Å². The summed E-state index contributed by atoms with van der Waals surface area (Å²) in [6.45, 7) is 0.842. The number of hydrogen-bond acceptors (Lipinski definition) is 5. The van der Waals surface area contributed by atoms with Crippen molar-refractivity contribution in [1.82, 2.24) is 5.32 Å². The van der Waals surface area contributed by atoms with E-state index in [0.29, 0.717) is 24.6 Å². The summed E-state index contributed by atoms with van der Waals surface area (Å²) in [6.07, 6.45) is -0.0639. The predicted octanol–water partition coefficient (Wildman–Crippen LogP) is 0.994. The standard InChI is InChI=1S/C14H20ClNO4S/c15-14-4-2-1-3-11(14)8-20-9-13(17)7-16-12-5-6-21(18,19)10-12/h1-4,12-13,16-17H,5-10H2/t12-,13-/m1/s1. The van der Waals surface area contributed by atoms with Crippen LogP contribution in [0.15, 0.2) is 24.3 Å². The van der Waals surface area contributed by atoms with Gasteiger partial charge in [-0.1, -0.05) is 29.8 Å². The van der Waals surface area contributed by atoms with Gasteiger partial charge in [0, 0.05) is 17.6 Å². The molecular formula is C14H20ClNO4S. The quantitative estimate of drug-likeness (QED) is 0.778. The Labute approximate surface area is 130 Å². The highest BCUT2D eigenvalue weighted by Crippen LogP contribution is 2.15. The molecule has 118 valence electrons. The number of aliphatic hydroxyl groups is 1. The molecule has 1 aromatic carbocycles. The summed E-state index contributed by atoms with van der Waals surface area (Å²) >= 11 is 6.00. The summed E-state index contributed by atoms with van der Waals surface area (Å²) in [5.41, 5.74) is 0.876. The fourth-order valence-electron chi connectivity index (χ4n) is 2.24. The molecule has 0 radical (unpaired) electrons. The van der Waals surface area contributed by atoms with Crippen molar-refractivity contribution in [1.29, 1.82) is 0 Å². The minimum Gasteiger partial charge on any atom is -0.389 e. The van der Waals surface area contributed by atoms with Crippen molar-refractivity contribution in [2.75, 3.05) is 24.7 Å². The van der Waals surface area contributed by atoms with E-state index in [9.17, 15) is 13.5 Å². The third kappa shape index (κ3) is 5.56. The van der Waals surface area contributed by atoms with Crippen LogP contribution in [0.1, 0.15) is 12.0 Å². The average molecular weight is 334 g/mol. The van der Waals surface area contributed by atoms with Crippen molar-refractivity contribution in [3.8, 4) is 0 Å². The average Bonchev–Trinajstić information content (AvgIpc) is 2.78.